The number of carbonyl (C=O) groups is 3. The first-order valence-electron chi connectivity index (χ1n) is 8.16. The van der Waals surface area contributed by atoms with E-state index in [0.717, 1.165) is 11.8 Å². The first-order chi connectivity index (χ1) is 13.3. The molecule has 0 aliphatic heterocycles. The van der Waals surface area contributed by atoms with Crippen molar-refractivity contribution in [3.63, 3.8) is 0 Å². The van der Waals surface area contributed by atoms with Crippen molar-refractivity contribution in [2.24, 2.45) is 5.73 Å². The molecule has 28 heavy (non-hydrogen) atoms. The van der Waals surface area contributed by atoms with Crippen LogP contribution in [0.4, 0.5) is 0 Å². The molecule has 0 radical (unpaired) electrons. The predicted octanol–water partition coefficient (Wildman–Crippen LogP) is 2.89. The second-order valence-electron chi connectivity index (χ2n) is 5.57. The molecule has 0 unspecified atom stereocenters. The van der Waals surface area contributed by atoms with Gasteiger partial charge in [-0.2, -0.15) is 0 Å². The monoisotopic (exact) mass is 422 g/mol. The van der Waals surface area contributed by atoms with Gasteiger partial charge in [0.15, 0.2) is 11.5 Å². The number of nitrogens with two attached hydrogens (primary N) is 1. The van der Waals surface area contributed by atoms with Gasteiger partial charge in [-0.1, -0.05) is 11.6 Å². The van der Waals surface area contributed by atoms with Gasteiger partial charge in [0.2, 0.25) is 11.0 Å². The van der Waals surface area contributed by atoms with Gasteiger partial charge in [-0.15, -0.1) is 0 Å². The minimum Gasteiger partial charge on any atom is -0.493 e. The van der Waals surface area contributed by atoms with Crippen molar-refractivity contribution in [3.8, 4) is 11.5 Å². The Bertz CT molecular complexity index is 904. The van der Waals surface area contributed by atoms with Gasteiger partial charge in [-0.3, -0.25) is 14.4 Å². The maximum atomic E-state index is 12.7. The van der Waals surface area contributed by atoms with Crippen LogP contribution >= 0.6 is 23.4 Å². The van der Waals surface area contributed by atoms with Crippen LogP contribution in [0.25, 0.3) is 0 Å². The molecule has 0 bridgehead atoms. The van der Waals surface area contributed by atoms with Crippen molar-refractivity contribution < 1.29 is 23.9 Å². The quantitative estimate of drug-likeness (QED) is 0.633. The third kappa shape index (κ3) is 5.64. The first kappa shape index (κ1) is 21.6. The lowest BCUT2D eigenvalue weighted by Crippen LogP contribution is -2.28. The lowest BCUT2D eigenvalue weighted by molar-refractivity contribution is -0.117. The van der Waals surface area contributed by atoms with Crippen LogP contribution in [0.5, 0.6) is 11.5 Å². The fraction of sp³-hybridized carbons (Fsp3) is 0.211. The van der Waals surface area contributed by atoms with Crippen molar-refractivity contribution >= 4 is 40.3 Å². The molecule has 9 heteroatoms. The molecule has 0 saturated carbocycles. The number of methoxy groups -OCH3 is 2. The van der Waals surface area contributed by atoms with Crippen LogP contribution in [0, 0.1) is 0 Å². The molecule has 3 N–H and O–H groups in total. The minimum atomic E-state index is -0.523. The van der Waals surface area contributed by atoms with E-state index in [1.807, 2.05) is 0 Å². The summed E-state index contributed by atoms with van der Waals surface area (Å²) in [6, 6.07) is 9.45. The topological polar surface area (TPSA) is 108 Å². The molecule has 0 aromatic heterocycles. The number of hydrogen-bond donors (Lipinski definition) is 2. The van der Waals surface area contributed by atoms with Crippen molar-refractivity contribution in [2.75, 3.05) is 20.8 Å². The molecule has 2 aromatic rings. The number of amides is 2. The Balaban J connectivity index is 2.22. The summed E-state index contributed by atoms with van der Waals surface area (Å²) in [6.45, 7) is 0.0917. The molecule has 0 aliphatic carbocycles. The molecule has 2 aromatic carbocycles. The van der Waals surface area contributed by atoms with Crippen LogP contribution in [0.3, 0.4) is 0 Å². The Morgan fingerprint density at radius 3 is 2.43 bits per heavy atom. The third-order valence-electron chi connectivity index (χ3n) is 3.67. The van der Waals surface area contributed by atoms with Gasteiger partial charge in [-0.25, -0.2) is 0 Å². The smallest absolute Gasteiger partial charge is 0.252 e. The number of ether oxygens (including phenoxy) is 2. The van der Waals surface area contributed by atoms with E-state index >= 15 is 0 Å². The highest BCUT2D eigenvalue weighted by Gasteiger charge is 2.18. The second-order valence-corrected chi connectivity index (χ2v) is 7.02. The molecule has 0 saturated heterocycles. The highest BCUT2D eigenvalue weighted by Crippen LogP contribution is 2.32. The number of benzene rings is 2. The lowest BCUT2D eigenvalue weighted by Gasteiger charge is -2.11. The molecule has 0 spiro atoms. The molecular weight excluding hydrogens is 404 g/mol. The van der Waals surface area contributed by atoms with E-state index in [9.17, 15) is 14.4 Å². The number of carbonyl (C=O) groups excluding carboxylic acids is 3. The van der Waals surface area contributed by atoms with E-state index in [0.29, 0.717) is 27.0 Å². The number of primary amides is 1. The van der Waals surface area contributed by atoms with Crippen molar-refractivity contribution in [1.29, 1.82) is 0 Å². The average Bonchev–Trinajstić information content (AvgIpc) is 2.68. The second kappa shape index (κ2) is 10.0. The summed E-state index contributed by atoms with van der Waals surface area (Å²) in [5.41, 5.74) is 5.69. The number of thioether (sulfide) groups is 1. The summed E-state index contributed by atoms with van der Waals surface area (Å²) in [7, 11) is 2.98. The van der Waals surface area contributed by atoms with E-state index in [4.69, 9.17) is 26.8 Å². The molecule has 0 atom stereocenters. The summed E-state index contributed by atoms with van der Waals surface area (Å²) in [5, 5.41) is 2.65. The first-order valence-corrected chi connectivity index (χ1v) is 9.35. The van der Waals surface area contributed by atoms with Gasteiger partial charge in [0, 0.05) is 28.4 Å². The van der Waals surface area contributed by atoms with Crippen LogP contribution < -0.4 is 20.5 Å². The Hall–Kier alpha value is -2.71. The summed E-state index contributed by atoms with van der Waals surface area (Å²) in [6.07, 6.45) is 0.0132. The van der Waals surface area contributed by atoms with Crippen LogP contribution in [0.1, 0.15) is 27.1 Å². The van der Waals surface area contributed by atoms with E-state index in [2.05, 4.69) is 5.32 Å². The molecular formula is C19H19ClN2O5S. The largest absolute Gasteiger partial charge is 0.493 e. The van der Waals surface area contributed by atoms with Gasteiger partial charge >= 0.3 is 0 Å². The highest BCUT2D eigenvalue weighted by molar-refractivity contribution is 8.14. The van der Waals surface area contributed by atoms with E-state index in [1.54, 1.807) is 30.3 Å². The number of nitrogens with one attached hydrogen (secondary N) is 1. The maximum absolute atomic E-state index is 12.7. The number of halogens is 1. The fourth-order valence-electron chi connectivity index (χ4n) is 2.29. The van der Waals surface area contributed by atoms with Crippen LogP contribution in [-0.4, -0.2) is 37.7 Å². The molecule has 148 valence electrons. The zero-order valence-corrected chi connectivity index (χ0v) is 16.9. The highest BCUT2D eigenvalue weighted by atomic mass is 35.5. The van der Waals surface area contributed by atoms with E-state index < -0.39 is 11.8 Å². The average molecular weight is 423 g/mol. The molecule has 2 amide bonds. The van der Waals surface area contributed by atoms with Crippen molar-refractivity contribution in [1.82, 2.24) is 5.32 Å². The zero-order chi connectivity index (χ0) is 20.7. The van der Waals surface area contributed by atoms with E-state index in [1.165, 1.54) is 20.3 Å². The molecule has 7 nitrogen and oxygen atoms in total. The Morgan fingerprint density at radius 1 is 1.07 bits per heavy atom. The normalized spacial score (nSPS) is 10.2. The number of hydrogen-bond acceptors (Lipinski definition) is 6. The van der Waals surface area contributed by atoms with Gasteiger partial charge < -0.3 is 20.5 Å². The predicted molar refractivity (Wildman–Crippen MR) is 107 cm³/mol. The standard InChI is InChI=1S/C19H19ClN2O5S/c1-26-14-5-3-11(9-15(14)27-2)19(25)28-16-6-4-12(20)10-13(16)18(24)22-8-7-17(21)23/h3-6,9-10H,7-8H2,1-2H3,(H2,21,23)(H,22,24). The summed E-state index contributed by atoms with van der Waals surface area (Å²) in [5.74, 6) is -0.0458. The van der Waals surface area contributed by atoms with Gasteiger partial charge in [-0.05, 0) is 48.2 Å². The van der Waals surface area contributed by atoms with E-state index in [-0.39, 0.29) is 23.6 Å². The Morgan fingerprint density at radius 2 is 1.79 bits per heavy atom. The van der Waals surface area contributed by atoms with Gasteiger partial charge in [0.05, 0.1) is 19.8 Å². The Kier molecular flexibility index (Phi) is 7.71. The SMILES string of the molecule is COc1ccc(C(=O)Sc2ccc(Cl)cc2C(=O)NCCC(N)=O)cc1OC. The Labute approximate surface area is 171 Å². The van der Waals surface area contributed by atoms with Gasteiger partial charge in [0.1, 0.15) is 0 Å². The maximum Gasteiger partial charge on any atom is 0.252 e. The van der Waals surface area contributed by atoms with Gasteiger partial charge in [0.25, 0.3) is 5.91 Å². The van der Waals surface area contributed by atoms with Crippen LogP contribution in [0.2, 0.25) is 5.02 Å². The van der Waals surface area contributed by atoms with Crippen LogP contribution in [-0.2, 0) is 4.79 Å². The summed E-state index contributed by atoms with van der Waals surface area (Å²) >= 11 is 6.88. The summed E-state index contributed by atoms with van der Waals surface area (Å²) < 4.78 is 10.4. The van der Waals surface area contributed by atoms with Crippen molar-refractivity contribution in [2.45, 2.75) is 11.3 Å². The third-order valence-corrected chi connectivity index (χ3v) is 4.90. The minimum absolute atomic E-state index is 0.0132. The zero-order valence-electron chi connectivity index (χ0n) is 15.3. The summed E-state index contributed by atoms with van der Waals surface area (Å²) in [4.78, 5) is 36.4. The lowest BCUT2D eigenvalue weighted by atomic mass is 10.2. The van der Waals surface area contributed by atoms with Crippen LogP contribution in [0.15, 0.2) is 41.3 Å². The molecule has 0 heterocycles. The molecule has 2 rings (SSSR count). The fourth-order valence-corrected chi connectivity index (χ4v) is 3.30. The molecule has 0 fully saturated rings. The van der Waals surface area contributed by atoms with Crippen molar-refractivity contribution in [3.05, 3.63) is 52.5 Å². The molecule has 0 aliphatic rings. The number of rotatable bonds is 8.